The molecule has 0 aliphatic rings. The van der Waals surface area contributed by atoms with Gasteiger partial charge >= 0.3 is 5.69 Å². The van der Waals surface area contributed by atoms with E-state index in [-0.39, 0.29) is 30.2 Å². The van der Waals surface area contributed by atoms with Crippen molar-refractivity contribution in [3.63, 3.8) is 0 Å². The topological polar surface area (TPSA) is 177 Å². The molecule has 0 aliphatic heterocycles. The molecular weight excluding hydrogens is 410 g/mol. The molecule has 0 aliphatic carbocycles. The lowest BCUT2D eigenvalue weighted by atomic mass is 10.2. The summed E-state index contributed by atoms with van der Waals surface area (Å²) >= 11 is 0. The Morgan fingerprint density at radius 3 is 2.71 bits per heavy atom. The van der Waals surface area contributed by atoms with Crippen molar-refractivity contribution in [2.24, 2.45) is 5.10 Å². The number of anilines is 2. The number of pyridine rings is 1. The lowest BCUT2D eigenvalue weighted by molar-refractivity contribution is -0.393. The number of nitro groups is 2. The second kappa shape index (κ2) is 8.96. The zero-order chi connectivity index (χ0) is 22.5. The van der Waals surface area contributed by atoms with Crippen molar-refractivity contribution in [2.45, 2.75) is 6.92 Å². The van der Waals surface area contributed by atoms with Gasteiger partial charge in [0, 0.05) is 18.8 Å². The van der Waals surface area contributed by atoms with E-state index < -0.39 is 26.8 Å². The Hall–Kier alpha value is -4.39. The molecule has 0 spiro atoms. The van der Waals surface area contributed by atoms with Gasteiger partial charge in [-0.2, -0.15) is 5.10 Å². The van der Waals surface area contributed by atoms with E-state index in [0.29, 0.717) is 5.65 Å². The molecule has 13 nitrogen and oxygen atoms in total. The van der Waals surface area contributed by atoms with Gasteiger partial charge in [0.15, 0.2) is 0 Å². The van der Waals surface area contributed by atoms with Crippen LogP contribution in [0.1, 0.15) is 11.1 Å². The van der Waals surface area contributed by atoms with E-state index in [1.807, 2.05) is 0 Å². The molecule has 31 heavy (non-hydrogen) atoms. The highest BCUT2D eigenvalue weighted by Crippen LogP contribution is 2.28. The van der Waals surface area contributed by atoms with Crippen LogP contribution in [0.2, 0.25) is 0 Å². The molecule has 0 bridgehead atoms. The summed E-state index contributed by atoms with van der Waals surface area (Å²) in [6.07, 6.45) is 2.67. The van der Waals surface area contributed by atoms with E-state index >= 15 is 0 Å². The Morgan fingerprint density at radius 1 is 1.26 bits per heavy atom. The van der Waals surface area contributed by atoms with Crippen LogP contribution in [0.15, 0.2) is 46.4 Å². The first-order valence-corrected chi connectivity index (χ1v) is 8.92. The number of hydrazone groups is 1. The van der Waals surface area contributed by atoms with Crippen molar-refractivity contribution < 1.29 is 15.0 Å². The van der Waals surface area contributed by atoms with E-state index in [9.17, 15) is 25.0 Å². The lowest BCUT2D eigenvalue weighted by Crippen LogP contribution is -2.24. The molecule has 3 N–H and O–H groups in total. The van der Waals surface area contributed by atoms with E-state index in [4.69, 9.17) is 5.11 Å². The fourth-order valence-corrected chi connectivity index (χ4v) is 2.78. The van der Waals surface area contributed by atoms with Crippen molar-refractivity contribution in [1.82, 2.24) is 9.38 Å². The number of nitrogens with one attached hydrogen (secondary N) is 2. The van der Waals surface area contributed by atoms with Gasteiger partial charge in [-0.15, -0.1) is 0 Å². The average Bonchev–Trinajstić information content (AvgIpc) is 2.74. The van der Waals surface area contributed by atoms with E-state index in [2.05, 4.69) is 20.8 Å². The third-order valence-electron chi connectivity index (χ3n) is 4.26. The summed E-state index contributed by atoms with van der Waals surface area (Å²) in [5, 5.41) is 37.9. The molecule has 13 heteroatoms. The molecule has 0 unspecified atom stereocenters. The summed E-state index contributed by atoms with van der Waals surface area (Å²) in [6, 6.07) is 6.52. The summed E-state index contributed by atoms with van der Waals surface area (Å²) < 4.78 is 1.33. The predicted molar refractivity (Wildman–Crippen MR) is 113 cm³/mol. The zero-order valence-electron chi connectivity index (χ0n) is 16.2. The number of aromatic nitrogens is 2. The third-order valence-corrected chi connectivity index (χ3v) is 4.26. The van der Waals surface area contributed by atoms with Gasteiger partial charge in [-0.1, -0.05) is 6.07 Å². The van der Waals surface area contributed by atoms with Gasteiger partial charge in [0.25, 0.3) is 11.2 Å². The summed E-state index contributed by atoms with van der Waals surface area (Å²) in [5.41, 5.74) is 2.13. The largest absolute Gasteiger partial charge is 0.395 e. The molecule has 2 aromatic heterocycles. The second-order valence-corrected chi connectivity index (χ2v) is 6.30. The molecular formula is C18H17N7O6. The lowest BCUT2D eigenvalue weighted by Gasteiger charge is -2.11. The van der Waals surface area contributed by atoms with Gasteiger partial charge in [0.2, 0.25) is 0 Å². The Bertz CT molecular complexity index is 1250. The van der Waals surface area contributed by atoms with Crippen LogP contribution >= 0.6 is 0 Å². The van der Waals surface area contributed by atoms with Gasteiger partial charge in [-0.3, -0.25) is 34.8 Å². The van der Waals surface area contributed by atoms with Crippen LogP contribution in [-0.2, 0) is 0 Å². The minimum atomic E-state index is -0.783. The molecule has 0 amide bonds. The summed E-state index contributed by atoms with van der Waals surface area (Å²) in [5.74, 6) is 0.178. The number of benzene rings is 1. The van der Waals surface area contributed by atoms with Crippen LogP contribution in [0.5, 0.6) is 0 Å². The number of nitrogens with zero attached hydrogens (tertiary/aromatic N) is 5. The van der Waals surface area contributed by atoms with Gasteiger partial charge in [0.1, 0.15) is 22.7 Å². The van der Waals surface area contributed by atoms with Crippen molar-refractivity contribution >= 4 is 34.7 Å². The Morgan fingerprint density at radius 2 is 2.03 bits per heavy atom. The van der Waals surface area contributed by atoms with Crippen LogP contribution in [0.4, 0.5) is 22.9 Å². The maximum Gasteiger partial charge on any atom is 0.301 e. The number of hydrogen-bond donors (Lipinski definition) is 3. The van der Waals surface area contributed by atoms with Crippen LogP contribution in [0, 0.1) is 27.2 Å². The van der Waals surface area contributed by atoms with Crippen LogP contribution < -0.4 is 16.3 Å². The Labute approximate surface area is 174 Å². The summed E-state index contributed by atoms with van der Waals surface area (Å²) in [4.78, 5) is 37.9. The maximum atomic E-state index is 12.9. The highest BCUT2D eigenvalue weighted by atomic mass is 16.6. The molecule has 0 saturated carbocycles. The number of hydrogen-bond acceptors (Lipinski definition) is 10. The van der Waals surface area contributed by atoms with Gasteiger partial charge in [0.05, 0.1) is 28.7 Å². The molecule has 3 aromatic rings. The Balaban J connectivity index is 2.01. The molecule has 1 aromatic carbocycles. The normalized spacial score (nSPS) is 11.0. The SMILES string of the molecule is Cc1cccn2c(=O)c(/C=N/Nc3ccc([N+](=O)[O-])cc3[N+](=O)[O-])c(NCCO)nc12. The number of aliphatic hydroxyl groups is 1. The Kier molecular flexibility index (Phi) is 6.16. The number of aryl methyl sites for hydroxylation is 1. The molecule has 0 fully saturated rings. The standard InChI is InChI=1S/C18H17N7O6/c1-11-3-2-7-23-17(11)21-16(19-6-8-26)13(18(23)27)10-20-22-14-5-4-12(24(28)29)9-15(14)25(30)31/h2-5,7,9-10,19,22,26H,6,8H2,1H3/b20-10+. The van der Waals surface area contributed by atoms with Crippen molar-refractivity contribution in [3.05, 3.63) is 78.2 Å². The quantitative estimate of drug-likeness (QED) is 0.274. The van der Waals surface area contributed by atoms with E-state index in [1.54, 1.807) is 25.3 Å². The second-order valence-electron chi connectivity index (χ2n) is 6.30. The summed E-state index contributed by atoms with van der Waals surface area (Å²) in [7, 11) is 0. The van der Waals surface area contributed by atoms with Crippen LogP contribution in [-0.4, -0.2) is 43.7 Å². The van der Waals surface area contributed by atoms with Crippen LogP contribution in [0.25, 0.3) is 5.65 Å². The van der Waals surface area contributed by atoms with E-state index in [0.717, 1.165) is 30.0 Å². The third kappa shape index (κ3) is 4.45. The highest BCUT2D eigenvalue weighted by Gasteiger charge is 2.19. The fourth-order valence-electron chi connectivity index (χ4n) is 2.78. The monoisotopic (exact) mass is 427 g/mol. The number of aliphatic hydroxyl groups excluding tert-OH is 1. The molecule has 3 rings (SSSR count). The van der Waals surface area contributed by atoms with Crippen LogP contribution in [0.3, 0.4) is 0 Å². The number of non-ortho nitro benzene ring substituents is 1. The fraction of sp³-hybridized carbons (Fsp3) is 0.167. The first-order valence-electron chi connectivity index (χ1n) is 8.92. The highest BCUT2D eigenvalue weighted by molar-refractivity contribution is 5.87. The molecule has 0 radical (unpaired) electrons. The van der Waals surface area contributed by atoms with Gasteiger partial charge in [-0.25, -0.2) is 4.98 Å². The molecule has 0 atom stereocenters. The van der Waals surface area contributed by atoms with Gasteiger partial charge < -0.3 is 10.4 Å². The van der Waals surface area contributed by atoms with Crippen molar-refractivity contribution in [2.75, 3.05) is 23.9 Å². The smallest absolute Gasteiger partial charge is 0.301 e. The first kappa shape index (κ1) is 21.3. The number of fused-ring (bicyclic) bond motifs is 1. The number of nitro benzene ring substituents is 2. The summed E-state index contributed by atoms with van der Waals surface area (Å²) in [6.45, 7) is 1.73. The minimum absolute atomic E-state index is 0.0496. The zero-order valence-corrected chi connectivity index (χ0v) is 16.2. The van der Waals surface area contributed by atoms with Gasteiger partial charge in [-0.05, 0) is 24.6 Å². The molecule has 160 valence electrons. The number of rotatable bonds is 8. The van der Waals surface area contributed by atoms with E-state index in [1.165, 1.54) is 4.40 Å². The average molecular weight is 427 g/mol. The maximum absolute atomic E-state index is 12.9. The van der Waals surface area contributed by atoms with Crippen molar-refractivity contribution in [1.29, 1.82) is 0 Å². The molecule has 0 saturated heterocycles. The first-order chi connectivity index (χ1) is 14.8. The van der Waals surface area contributed by atoms with Crippen molar-refractivity contribution in [3.8, 4) is 0 Å². The predicted octanol–water partition coefficient (Wildman–Crippen LogP) is 1.67. The minimum Gasteiger partial charge on any atom is -0.395 e. The molecule has 2 heterocycles.